The van der Waals surface area contributed by atoms with E-state index in [2.05, 4.69) is 37.2 Å². The lowest BCUT2D eigenvalue weighted by Gasteiger charge is -2.09. The summed E-state index contributed by atoms with van der Waals surface area (Å²) in [5, 5.41) is 10.1. The maximum absolute atomic E-state index is 11.9. The number of halogens is 1. The number of rotatable bonds is 5. The summed E-state index contributed by atoms with van der Waals surface area (Å²) in [4.78, 5) is 34.9. The van der Waals surface area contributed by atoms with Crippen LogP contribution in [0.15, 0.2) is 45.5 Å². The molecule has 8 nitrogen and oxygen atoms in total. The van der Waals surface area contributed by atoms with Crippen molar-refractivity contribution in [3.63, 3.8) is 0 Å². The third kappa shape index (κ3) is 5.13. The van der Waals surface area contributed by atoms with E-state index in [0.29, 0.717) is 16.0 Å². The van der Waals surface area contributed by atoms with Crippen molar-refractivity contribution in [2.24, 2.45) is 0 Å². The second-order valence-corrected chi connectivity index (χ2v) is 5.40. The maximum atomic E-state index is 11.9. The molecule has 2 aromatic rings. The maximum Gasteiger partial charge on any atom is 0.318 e. The molecule has 0 fully saturated rings. The van der Waals surface area contributed by atoms with Gasteiger partial charge in [-0.2, -0.15) is 0 Å². The zero-order chi connectivity index (χ0) is 17.5. The SMILES string of the molecule is CNC(=O)Nc1cccc(NC(=O)CNC(=O)c2ccc(Br)o2)c1. The molecule has 1 aromatic carbocycles. The Morgan fingerprint density at radius 2 is 1.79 bits per heavy atom. The number of carbonyl (C=O) groups excluding carboxylic acids is 3. The first-order chi connectivity index (χ1) is 11.5. The van der Waals surface area contributed by atoms with E-state index in [1.165, 1.54) is 13.1 Å². The predicted molar refractivity (Wildman–Crippen MR) is 91.9 cm³/mol. The molecule has 2 rings (SSSR count). The molecule has 0 aliphatic heterocycles. The first-order valence-corrected chi connectivity index (χ1v) is 7.69. The molecule has 1 aromatic heterocycles. The molecule has 0 aliphatic rings. The van der Waals surface area contributed by atoms with Gasteiger partial charge in [-0.1, -0.05) is 6.07 Å². The Morgan fingerprint density at radius 3 is 2.42 bits per heavy atom. The van der Waals surface area contributed by atoms with Gasteiger partial charge in [0.15, 0.2) is 10.4 Å². The van der Waals surface area contributed by atoms with Gasteiger partial charge in [0.25, 0.3) is 5.91 Å². The predicted octanol–water partition coefficient (Wildman–Crippen LogP) is 2.16. The second-order valence-electron chi connectivity index (χ2n) is 4.62. The summed E-state index contributed by atoms with van der Waals surface area (Å²) < 4.78 is 5.51. The lowest BCUT2D eigenvalue weighted by atomic mass is 10.2. The number of anilines is 2. The Kier molecular flexibility index (Phi) is 5.96. The van der Waals surface area contributed by atoms with Crippen molar-refractivity contribution in [3.8, 4) is 0 Å². The Morgan fingerprint density at radius 1 is 1.08 bits per heavy atom. The van der Waals surface area contributed by atoms with E-state index in [0.717, 1.165) is 0 Å². The quantitative estimate of drug-likeness (QED) is 0.622. The van der Waals surface area contributed by atoms with Crippen LogP contribution in [0.2, 0.25) is 0 Å². The van der Waals surface area contributed by atoms with E-state index in [9.17, 15) is 14.4 Å². The van der Waals surface area contributed by atoms with Crippen LogP contribution in [0.25, 0.3) is 0 Å². The van der Waals surface area contributed by atoms with Crippen molar-refractivity contribution >= 4 is 45.2 Å². The molecule has 4 amide bonds. The minimum Gasteiger partial charge on any atom is -0.444 e. The molecule has 4 N–H and O–H groups in total. The van der Waals surface area contributed by atoms with Crippen LogP contribution in [-0.4, -0.2) is 31.4 Å². The van der Waals surface area contributed by atoms with Crippen LogP contribution in [0.5, 0.6) is 0 Å². The molecule has 9 heteroatoms. The molecule has 24 heavy (non-hydrogen) atoms. The van der Waals surface area contributed by atoms with Gasteiger partial charge in [-0.25, -0.2) is 4.79 Å². The van der Waals surface area contributed by atoms with Crippen molar-refractivity contribution in [1.29, 1.82) is 0 Å². The third-order valence-electron chi connectivity index (χ3n) is 2.84. The van der Waals surface area contributed by atoms with Crippen LogP contribution >= 0.6 is 15.9 Å². The number of hydrogen-bond acceptors (Lipinski definition) is 4. The molecule has 126 valence electrons. The number of urea groups is 1. The highest BCUT2D eigenvalue weighted by Gasteiger charge is 2.12. The van der Waals surface area contributed by atoms with Crippen LogP contribution in [0.1, 0.15) is 10.6 Å². The summed E-state index contributed by atoms with van der Waals surface area (Å²) in [6.45, 7) is -0.218. The van der Waals surface area contributed by atoms with Crippen LogP contribution in [-0.2, 0) is 4.79 Å². The smallest absolute Gasteiger partial charge is 0.318 e. The molecule has 0 bridgehead atoms. The number of nitrogens with one attached hydrogen (secondary N) is 4. The van der Waals surface area contributed by atoms with Crippen molar-refractivity contribution in [3.05, 3.63) is 46.8 Å². The molecule has 0 unspecified atom stereocenters. The minimum atomic E-state index is -0.495. The Bertz CT molecular complexity index is 759. The highest BCUT2D eigenvalue weighted by atomic mass is 79.9. The Hall–Kier alpha value is -2.81. The number of amides is 4. The van der Waals surface area contributed by atoms with Crippen LogP contribution in [0.3, 0.4) is 0 Å². The van der Waals surface area contributed by atoms with Gasteiger partial charge in [-0.15, -0.1) is 0 Å². The molecular weight excluding hydrogens is 380 g/mol. The van der Waals surface area contributed by atoms with E-state index in [1.54, 1.807) is 30.3 Å². The lowest BCUT2D eigenvalue weighted by molar-refractivity contribution is -0.115. The molecule has 0 aliphatic carbocycles. The normalized spacial score (nSPS) is 9.92. The van der Waals surface area contributed by atoms with Crippen molar-refractivity contribution in [2.75, 3.05) is 24.2 Å². The van der Waals surface area contributed by atoms with Crippen LogP contribution < -0.4 is 21.3 Å². The number of carbonyl (C=O) groups is 3. The molecule has 0 saturated carbocycles. The highest BCUT2D eigenvalue weighted by molar-refractivity contribution is 9.10. The fourth-order valence-corrected chi connectivity index (χ4v) is 2.06. The average Bonchev–Trinajstić information content (AvgIpc) is 2.99. The number of furan rings is 1. The van der Waals surface area contributed by atoms with E-state index < -0.39 is 11.8 Å². The fourth-order valence-electron chi connectivity index (χ4n) is 1.76. The summed E-state index contributed by atoms with van der Waals surface area (Å²) in [5.41, 5.74) is 1.01. The molecule has 0 saturated heterocycles. The average molecular weight is 395 g/mol. The van der Waals surface area contributed by atoms with Gasteiger partial charge < -0.3 is 25.7 Å². The monoisotopic (exact) mass is 394 g/mol. The molecule has 0 spiro atoms. The lowest BCUT2D eigenvalue weighted by Crippen LogP contribution is -2.32. The zero-order valence-corrected chi connectivity index (χ0v) is 14.3. The van der Waals surface area contributed by atoms with Gasteiger partial charge in [0.2, 0.25) is 5.91 Å². The van der Waals surface area contributed by atoms with E-state index in [4.69, 9.17) is 4.42 Å². The van der Waals surface area contributed by atoms with Crippen molar-refractivity contribution < 1.29 is 18.8 Å². The number of hydrogen-bond donors (Lipinski definition) is 4. The molecule has 0 radical (unpaired) electrons. The van der Waals surface area contributed by atoms with Gasteiger partial charge in [-0.05, 0) is 46.3 Å². The Balaban J connectivity index is 1.87. The van der Waals surface area contributed by atoms with Crippen LogP contribution in [0, 0.1) is 0 Å². The first-order valence-electron chi connectivity index (χ1n) is 6.90. The summed E-state index contributed by atoms with van der Waals surface area (Å²) in [6, 6.07) is 9.33. The number of benzene rings is 1. The Labute approximate surface area is 146 Å². The van der Waals surface area contributed by atoms with Crippen molar-refractivity contribution in [1.82, 2.24) is 10.6 Å². The van der Waals surface area contributed by atoms with E-state index in [-0.39, 0.29) is 18.3 Å². The summed E-state index contributed by atoms with van der Waals surface area (Å²) in [7, 11) is 1.50. The second kappa shape index (κ2) is 8.16. The third-order valence-corrected chi connectivity index (χ3v) is 3.26. The van der Waals surface area contributed by atoms with Crippen LogP contribution in [0.4, 0.5) is 16.2 Å². The van der Waals surface area contributed by atoms with Gasteiger partial charge in [0.05, 0.1) is 6.54 Å². The molecular formula is C15H15BrN4O4. The topological polar surface area (TPSA) is 112 Å². The largest absolute Gasteiger partial charge is 0.444 e. The van der Waals surface area contributed by atoms with E-state index >= 15 is 0 Å². The minimum absolute atomic E-state index is 0.103. The van der Waals surface area contributed by atoms with Gasteiger partial charge in [-0.3, -0.25) is 9.59 Å². The summed E-state index contributed by atoms with van der Waals surface area (Å²) in [5.74, 6) is -0.802. The zero-order valence-electron chi connectivity index (χ0n) is 12.7. The molecule has 1 heterocycles. The summed E-state index contributed by atoms with van der Waals surface area (Å²) >= 11 is 3.09. The van der Waals surface area contributed by atoms with Gasteiger partial charge in [0.1, 0.15) is 0 Å². The van der Waals surface area contributed by atoms with Gasteiger partial charge in [0, 0.05) is 18.4 Å². The highest BCUT2D eigenvalue weighted by Crippen LogP contribution is 2.15. The summed E-state index contributed by atoms with van der Waals surface area (Å²) in [6.07, 6.45) is 0. The van der Waals surface area contributed by atoms with Crippen molar-refractivity contribution in [2.45, 2.75) is 0 Å². The van der Waals surface area contributed by atoms with Gasteiger partial charge >= 0.3 is 6.03 Å². The fraction of sp³-hybridized carbons (Fsp3) is 0.133. The standard InChI is InChI=1S/C15H15BrN4O4/c1-17-15(23)20-10-4-2-3-9(7-10)19-13(21)8-18-14(22)11-5-6-12(16)24-11/h2-7H,8H2,1H3,(H,18,22)(H,19,21)(H2,17,20,23). The van der Waals surface area contributed by atoms with E-state index in [1.807, 2.05) is 0 Å². The first kappa shape index (κ1) is 17.5. The molecule has 0 atom stereocenters.